The van der Waals surface area contributed by atoms with Crippen LogP contribution in [0.5, 0.6) is 0 Å². The maximum atomic E-state index is 8.58. The largest absolute Gasteiger partial charge is 0.289 e. The van der Waals surface area contributed by atoms with Gasteiger partial charge in [-0.25, -0.2) is 10.5 Å². The Morgan fingerprint density at radius 2 is 2.38 bits per heavy atom. The predicted octanol–water partition coefficient (Wildman–Crippen LogP) is 2.01. The van der Waals surface area contributed by atoms with Crippen molar-refractivity contribution >= 4 is 16.5 Å². The van der Waals surface area contributed by atoms with Gasteiger partial charge in [-0.15, -0.1) is 11.3 Å². The maximum absolute atomic E-state index is 8.58. The van der Waals surface area contributed by atoms with Gasteiger partial charge in [-0.05, 0) is 12.1 Å². The molecule has 0 unspecified atom stereocenters. The maximum Gasteiger partial charge on any atom is 0.207 e. The summed E-state index contributed by atoms with van der Waals surface area (Å²) in [6.45, 7) is 0. The van der Waals surface area contributed by atoms with Gasteiger partial charge in [0.15, 0.2) is 0 Å². The molecule has 66 valence electrons. The molecule has 0 spiro atoms. The third kappa shape index (κ3) is 1.66. The molecule has 0 aliphatic heterocycles. The summed E-state index contributed by atoms with van der Waals surface area (Å²) in [6, 6.07) is 3.77. The van der Waals surface area contributed by atoms with Crippen molar-refractivity contribution in [3.63, 3.8) is 0 Å². The highest BCUT2D eigenvalue weighted by molar-refractivity contribution is 7.14. The molecule has 2 rings (SSSR count). The highest BCUT2D eigenvalue weighted by Crippen LogP contribution is 2.23. The average Bonchev–Trinajstić information content (AvgIpc) is 2.67. The summed E-state index contributed by atoms with van der Waals surface area (Å²) in [7, 11) is 0. The monoisotopic (exact) mass is 193 g/mol. The molecule has 5 heteroatoms. The molecule has 0 saturated heterocycles. The van der Waals surface area contributed by atoms with Crippen molar-refractivity contribution in [2.45, 2.75) is 0 Å². The predicted molar refractivity (Wildman–Crippen MR) is 50.8 cm³/mol. The third-order valence-corrected chi connectivity index (χ3v) is 2.30. The number of hydrogen-bond acceptors (Lipinski definition) is 5. The van der Waals surface area contributed by atoms with E-state index in [4.69, 9.17) is 5.21 Å². The van der Waals surface area contributed by atoms with E-state index in [1.807, 2.05) is 23.0 Å². The van der Waals surface area contributed by atoms with Crippen LogP contribution < -0.4 is 5.48 Å². The molecule has 0 aromatic carbocycles. The van der Waals surface area contributed by atoms with Gasteiger partial charge in [0.2, 0.25) is 5.13 Å². The van der Waals surface area contributed by atoms with Gasteiger partial charge in [-0.1, -0.05) is 0 Å². The van der Waals surface area contributed by atoms with E-state index >= 15 is 0 Å². The Bertz CT molecular complexity index is 387. The number of nitrogens with zero attached hydrogens (tertiary/aromatic N) is 2. The average molecular weight is 193 g/mol. The summed E-state index contributed by atoms with van der Waals surface area (Å²) in [6.07, 6.45) is 3.44. The zero-order chi connectivity index (χ0) is 9.10. The topological polar surface area (TPSA) is 58.0 Å². The van der Waals surface area contributed by atoms with Crippen molar-refractivity contribution < 1.29 is 5.21 Å². The van der Waals surface area contributed by atoms with E-state index in [2.05, 4.69) is 9.97 Å². The van der Waals surface area contributed by atoms with Crippen molar-refractivity contribution in [2.75, 3.05) is 5.48 Å². The number of hydrogen-bond donors (Lipinski definition) is 2. The molecule has 2 aromatic heterocycles. The van der Waals surface area contributed by atoms with E-state index in [-0.39, 0.29) is 0 Å². The normalized spacial score (nSPS) is 9.92. The molecule has 2 N–H and O–H groups in total. The van der Waals surface area contributed by atoms with Gasteiger partial charge in [0.05, 0.1) is 5.69 Å². The van der Waals surface area contributed by atoms with Crippen molar-refractivity contribution in [1.29, 1.82) is 0 Å². The minimum atomic E-state index is 0.485. The first-order valence-corrected chi connectivity index (χ1v) is 4.54. The molecule has 0 saturated carbocycles. The zero-order valence-corrected chi connectivity index (χ0v) is 7.45. The Kier molecular flexibility index (Phi) is 2.20. The van der Waals surface area contributed by atoms with Gasteiger partial charge in [0.1, 0.15) is 0 Å². The van der Waals surface area contributed by atoms with E-state index in [0.29, 0.717) is 5.13 Å². The van der Waals surface area contributed by atoms with Gasteiger partial charge < -0.3 is 0 Å². The fraction of sp³-hybridized carbons (Fsp3) is 0. The smallest absolute Gasteiger partial charge is 0.207 e. The van der Waals surface area contributed by atoms with Crippen LogP contribution in [-0.4, -0.2) is 15.2 Å². The fourth-order valence-electron chi connectivity index (χ4n) is 0.972. The number of rotatable bonds is 2. The third-order valence-electron chi connectivity index (χ3n) is 1.56. The Hall–Kier alpha value is -1.46. The molecule has 2 aromatic rings. The van der Waals surface area contributed by atoms with Crippen LogP contribution in [0.25, 0.3) is 11.3 Å². The van der Waals surface area contributed by atoms with E-state index in [9.17, 15) is 0 Å². The van der Waals surface area contributed by atoms with Crippen LogP contribution in [0.2, 0.25) is 0 Å². The first kappa shape index (κ1) is 8.15. The highest BCUT2D eigenvalue weighted by Gasteiger charge is 2.02. The molecule has 0 aliphatic carbocycles. The fourth-order valence-corrected chi connectivity index (χ4v) is 1.59. The molecule has 2 heterocycles. The lowest BCUT2D eigenvalue weighted by Gasteiger charge is -1.92. The number of aromatic nitrogens is 2. The Balaban J connectivity index is 2.36. The molecule has 13 heavy (non-hydrogen) atoms. The molecule has 4 nitrogen and oxygen atoms in total. The quantitative estimate of drug-likeness (QED) is 0.716. The second-order valence-corrected chi connectivity index (χ2v) is 3.25. The van der Waals surface area contributed by atoms with Crippen LogP contribution in [0.4, 0.5) is 5.13 Å². The van der Waals surface area contributed by atoms with Crippen molar-refractivity contribution in [1.82, 2.24) is 9.97 Å². The summed E-state index contributed by atoms with van der Waals surface area (Å²) in [5.74, 6) is 0. The standard InChI is InChI=1S/C8H7N3OS/c12-11-8-10-7(5-13-8)6-2-1-3-9-4-6/h1-5,12H,(H,10,11). The zero-order valence-electron chi connectivity index (χ0n) is 6.64. The number of nitrogens with one attached hydrogen (secondary N) is 1. The van der Waals surface area contributed by atoms with Crippen LogP contribution in [0.15, 0.2) is 29.9 Å². The second kappa shape index (κ2) is 3.51. The van der Waals surface area contributed by atoms with E-state index in [1.54, 1.807) is 12.4 Å². The summed E-state index contributed by atoms with van der Waals surface area (Å²) in [5.41, 5.74) is 3.76. The molecule has 0 fully saturated rings. The van der Waals surface area contributed by atoms with Crippen LogP contribution >= 0.6 is 11.3 Å². The highest BCUT2D eigenvalue weighted by atomic mass is 32.1. The molecule has 0 radical (unpaired) electrons. The van der Waals surface area contributed by atoms with Gasteiger partial charge in [-0.2, -0.15) is 0 Å². The molecular weight excluding hydrogens is 186 g/mol. The summed E-state index contributed by atoms with van der Waals surface area (Å²) in [5, 5.41) is 10.9. The minimum Gasteiger partial charge on any atom is -0.289 e. The van der Waals surface area contributed by atoms with Crippen LogP contribution in [0.3, 0.4) is 0 Å². The second-order valence-electron chi connectivity index (χ2n) is 2.39. The first-order chi connectivity index (χ1) is 6.40. The van der Waals surface area contributed by atoms with Crippen LogP contribution in [0, 0.1) is 0 Å². The number of pyridine rings is 1. The summed E-state index contributed by atoms with van der Waals surface area (Å²) >= 11 is 1.34. The lowest BCUT2D eigenvalue weighted by molar-refractivity contribution is 0.388. The van der Waals surface area contributed by atoms with Gasteiger partial charge in [0, 0.05) is 23.3 Å². The number of anilines is 1. The molecular formula is C8H7N3OS. The molecule has 0 aliphatic rings. The van der Waals surface area contributed by atoms with Gasteiger partial charge in [-0.3, -0.25) is 10.2 Å². The summed E-state index contributed by atoms with van der Waals surface area (Å²) < 4.78 is 0. The Labute approximate surface area is 78.9 Å². The summed E-state index contributed by atoms with van der Waals surface area (Å²) in [4.78, 5) is 8.09. The van der Waals surface area contributed by atoms with Crippen LogP contribution in [0.1, 0.15) is 0 Å². The Morgan fingerprint density at radius 1 is 1.46 bits per heavy atom. The molecule has 0 bridgehead atoms. The Morgan fingerprint density at radius 3 is 3.00 bits per heavy atom. The lowest BCUT2D eigenvalue weighted by Crippen LogP contribution is -1.87. The lowest BCUT2D eigenvalue weighted by atomic mass is 10.2. The van der Waals surface area contributed by atoms with E-state index in [1.165, 1.54) is 11.3 Å². The number of thiazole rings is 1. The molecule has 0 atom stereocenters. The van der Waals surface area contributed by atoms with Crippen molar-refractivity contribution in [2.24, 2.45) is 0 Å². The molecule has 0 amide bonds. The van der Waals surface area contributed by atoms with Crippen molar-refractivity contribution in [3.05, 3.63) is 29.9 Å². The van der Waals surface area contributed by atoms with Crippen LogP contribution in [-0.2, 0) is 0 Å². The van der Waals surface area contributed by atoms with E-state index < -0.39 is 0 Å². The van der Waals surface area contributed by atoms with E-state index in [0.717, 1.165) is 11.3 Å². The minimum absolute atomic E-state index is 0.485. The SMILES string of the molecule is ONc1nc(-c2cccnc2)cs1. The van der Waals surface area contributed by atoms with Gasteiger partial charge in [0.25, 0.3) is 0 Å². The van der Waals surface area contributed by atoms with Gasteiger partial charge >= 0.3 is 0 Å². The first-order valence-electron chi connectivity index (χ1n) is 3.66. The van der Waals surface area contributed by atoms with Crippen molar-refractivity contribution in [3.8, 4) is 11.3 Å².